The van der Waals surface area contributed by atoms with Gasteiger partial charge < -0.3 is 50.8 Å². The Morgan fingerprint density at radius 3 is 2.26 bits per heavy atom. The van der Waals surface area contributed by atoms with E-state index in [4.69, 9.17) is 29.8 Å². The van der Waals surface area contributed by atoms with Gasteiger partial charge in [-0.2, -0.15) is 13.8 Å². The third-order valence-corrected chi connectivity index (χ3v) is 7.95. The number of carbonyl (C=O) groups excluding carboxylic acids is 3. The zero-order chi connectivity index (χ0) is 38.0. The molecule has 3 heterocycles. The number of hydrogen-bond donors (Lipinski definition) is 6. The highest BCUT2D eigenvalue weighted by Crippen LogP contribution is 2.42. The number of amides is 3. The Kier molecular flexibility index (Phi) is 13.3. The summed E-state index contributed by atoms with van der Waals surface area (Å²) in [5.74, 6) is -5.35. The zero-order valence-electron chi connectivity index (χ0n) is 28.3. The van der Waals surface area contributed by atoms with Crippen LogP contribution < -0.4 is 27.4 Å². The van der Waals surface area contributed by atoms with Gasteiger partial charge in [-0.1, -0.05) is 12.1 Å². The first-order valence-corrected chi connectivity index (χ1v) is 16.6. The quantitative estimate of drug-likeness (QED) is 0.0473. The lowest BCUT2D eigenvalue weighted by atomic mass is 10.1. The van der Waals surface area contributed by atoms with Crippen molar-refractivity contribution in [3.05, 3.63) is 65.2 Å². The predicted molar refractivity (Wildman–Crippen MR) is 186 cm³/mol. The maximum atomic E-state index is 14.3. The Balaban J connectivity index is 0.873. The number of pyridine rings is 1. The molecule has 1 unspecified atom stereocenters. The van der Waals surface area contributed by atoms with Crippen LogP contribution in [0, 0.1) is 0 Å². The van der Waals surface area contributed by atoms with Crippen LogP contribution in [-0.4, -0.2) is 113 Å². The van der Waals surface area contributed by atoms with Crippen molar-refractivity contribution in [3.63, 3.8) is 0 Å². The molecule has 1 fully saturated rings. The molecule has 19 heteroatoms. The largest absolute Gasteiger partial charge is 0.399 e. The molecule has 0 spiro atoms. The second-order valence-corrected chi connectivity index (χ2v) is 11.9. The summed E-state index contributed by atoms with van der Waals surface area (Å²) in [5.41, 5.74) is 7.33. The Morgan fingerprint density at radius 2 is 1.55 bits per heavy atom. The number of rotatable bonds is 18. The number of halogens is 2. The average Bonchev–Trinajstić information content (AvgIpc) is 3.35. The lowest BCUT2D eigenvalue weighted by Crippen LogP contribution is -2.41. The van der Waals surface area contributed by atoms with Crippen LogP contribution >= 0.6 is 0 Å². The smallest absolute Gasteiger partial charge is 0.351 e. The Morgan fingerprint density at radius 1 is 0.868 bits per heavy atom. The molecule has 7 N–H and O–H groups in total. The van der Waals surface area contributed by atoms with E-state index in [0.29, 0.717) is 21.5 Å². The van der Waals surface area contributed by atoms with Gasteiger partial charge in [0.1, 0.15) is 18.5 Å². The number of nitrogens with two attached hydrogens (primary N) is 1. The summed E-state index contributed by atoms with van der Waals surface area (Å²) in [6.07, 6.45) is -5.17. The van der Waals surface area contributed by atoms with Crippen molar-refractivity contribution < 1.29 is 52.3 Å². The summed E-state index contributed by atoms with van der Waals surface area (Å²) in [6, 6.07) is 14.0. The fourth-order valence-electron chi connectivity index (χ4n) is 5.28. The van der Waals surface area contributed by atoms with Crippen molar-refractivity contribution in [2.24, 2.45) is 0 Å². The first kappa shape index (κ1) is 39.0. The number of benzene rings is 2. The van der Waals surface area contributed by atoms with Crippen LogP contribution in [0.25, 0.3) is 21.8 Å². The average molecular weight is 744 g/mol. The number of anilines is 3. The number of nitrogens with zero attached hydrogens (tertiary/aromatic N) is 3. The molecule has 3 amide bonds. The number of aliphatic hydroxyl groups excluding tert-OH is 2. The van der Waals surface area contributed by atoms with Crippen molar-refractivity contribution in [1.29, 1.82) is 0 Å². The van der Waals surface area contributed by atoms with Gasteiger partial charge in [0.25, 0.3) is 5.91 Å². The molecule has 0 radical (unpaired) electrons. The molecule has 1 saturated heterocycles. The third kappa shape index (κ3) is 10.5. The molecule has 0 aliphatic carbocycles. The normalized spacial score (nSPS) is 17.9. The van der Waals surface area contributed by atoms with Gasteiger partial charge in [0.15, 0.2) is 6.10 Å². The minimum atomic E-state index is -3.86. The summed E-state index contributed by atoms with van der Waals surface area (Å²) in [4.78, 5) is 57.1. The van der Waals surface area contributed by atoms with E-state index in [-0.39, 0.29) is 70.1 Å². The van der Waals surface area contributed by atoms with Crippen molar-refractivity contribution in [3.8, 4) is 0 Å². The predicted octanol–water partition coefficient (Wildman–Crippen LogP) is 0.936. The maximum absolute atomic E-state index is 14.3. The van der Waals surface area contributed by atoms with Gasteiger partial charge in [-0.05, 0) is 36.4 Å². The summed E-state index contributed by atoms with van der Waals surface area (Å²) in [5, 5.41) is 28.4. The van der Waals surface area contributed by atoms with Crippen molar-refractivity contribution in [1.82, 2.24) is 19.9 Å². The van der Waals surface area contributed by atoms with Gasteiger partial charge in [0.2, 0.25) is 18.0 Å². The lowest BCUT2D eigenvalue weighted by molar-refractivity contribution is -0.141. The minimum Gasteiger partial charge on any atom is -0.399 e. The molecule has 3 atom stereocenters. The second kappa shape index (κ2) is 18.0. The molecule has 4 aromatic rings. The van der Waals surface area contributed by atoms with Crippen LogP contribution in [0.1, 0.15) is 19.1 Å². The molecule has 2 aromatic heterocycles. The number of alkyl halides is 2. The van der Waals surface area contributed by atoms with E-state index in [1.807, 2.05) is 24.3 Å². The molecule has 17 nitrogen and oxygen atoms in total. The standard InChI is InChI=1S/C34H39F2N7O10/c35-34(36)31(48)26(18-44)53-32(34)43-9-7-27(42-33(43)49)41-30(47)19-52-14-13-51-12-11-50-10-8-38-28(45)5-6-29(46)39-23-4-2-21-15-20-1-3-22(37)16-24(20)40-25(21)17-23/h1-4,7,9,15-17,26,31-32,44,48H,5-6,8,10-14,18-19,37H2,(H,38,45)(H,39,46)(H,41,42,47,49)/t26-,31-,32?/m1/s1. The fourth-order valence-corrected chi connectivity index (χ4v) is 5.28. The zero-order valence-corrected chi connectivity index (χ0v) is 28.3. The molecule has 2 aromatic carbocycles. The number of aromatic nitrogens is 3. The van der Waals surface area contributed by atoms with Gasteiger partial charge in [-0.15, -0.1) is 0 Å². The van der Waals surface area contributed by atoms with Gasteiger partial charge >= 0.3 is 11.6 Å². The fraction of sp³-hybridized carbons (Fsp3) is 0.412. The van der Waals surface area contributed by atoms with Gasteiger partial charge in [0, 0.05) is 47.7 Å². The molecule has 284 valence electrons. The summed E-state index contributed by atoms with van der Waals surface area (Å²) < 4.78 is 49.9. The van der Waals surface area contributed by atoms with Crippen LogP contribution in [0.2, 0.25) is 0 Å². The molecular weight excluding hydrogens is 704 g/mol. The van der Waals surface area contributed by atoms with E-state index >= 15 is 0 Å². The van der Waals surface area contributed by atoms with Gasteiger partial charge in [-0.25, -0.2) is 9.78 Å². The van der Waals surface area contributed by atoms with Crippen molar-refractivity contribution in [2.45, 2.75) is 37.2 Å². The van der Waals surface area contributed by atoms with Crippen molar-refractivity contribution in [2.75, 3.05) is 69.2 Å². The van der Waals surface area contributed by atoms with Crippen molar-refractivity contribution >= 4 is 56.7 Å². The van der Waals surface area contributed by atoms with E-state index < -0.39 is 49.2 Å². The number of ether oxygens (including phenoxy) is 4. The van der Waals surface area contributed by atoms with E-state index in [0.717, 1.165) is 28.6 Å². The Labute approximate surface area is 300 Å². The van der Waals surface area contributed by atoms with Crippen LogP contribution in [-0.2, 0) is 33.3 Å². The lowest BCUT2D eigenvalue weighted by Gasteiger charge is -2.21. The maximum Gasteiger partial charge on any atom is 0.351 e. The monoisotopic (exact) mass is 743 g/mol. The number of carbonyl (C=O) groups is 3. The second-order valence-electron chi connectivity index (χ2n) is 11.9. The topological polar surface area (TPSA) is 238 Å². The molecular formula is C34H39F2N7O10. The molecule has 53 heavy (non-hydrogen) atoms. The highest BCUT2D eigenvalue weighted by Gasteiger charge is 2.59. The van der Waals surface area contributed by atoms with E-state index in [2.05, 4.69) is 25.9 Å². The highest BCUT2D eigenvalue weighted by molar-refractivity contribution is 5.98. The first-order valence-electron chi connectivity index (χ1n) is 16.6. The molecule has 1 aliphatic heterocycles. The first-order chi connectivity index (χ1) is 25.4. The summed E-state index contributed by atoms with van der Waals surface area (Å²) in [7, 11) is 0. The van der Waals surface area contributed by atoms with Crippen LogP contribution in [0.3, 0.4) is 0 Å². The van der Waals surface area contributed by atoms with Gasteiger partial charge in [0.05, 0.1) is 50.7 Å². The molecule has 5 rings (SSSR count). The van der Waals surface area contributed by atoms with E-state index in [1.165, 1.54) is 0 Å². The Hall–Kier alpha value is -5.18. The Bertz CT molecular complexity index is 1980. The molecule has 1 aliphatic rings. The number of hydrogen-bond acceptors (Lipinski definition) is 13. The minimum absolute atomic E-state index is 0.000155. The highest BCUT2D eigenvalue weighted by atomic mass is 19.3. The third-order valence-electron chi connectivity index (χ3n) is 7.95. The number of nitrogen functional groups attached to an aromatic ring is 1. The van der Waals surface area contributed by atoms with Gasteiger partial charge in [-0.3, -0.25) is 19.0 Å². The number of fused-ring (bicyclic) bond motifs is 2. The van der Waals surface area contributed by atoms with E-state index in [1.54, 1.807) is 18.2 Å². The van der Waals surface area contributed by atoms with Crippen LogP contribution in [0.5, 0.6) is 0 Å². The molecule has 0 bridgehead atoms. The number of nitrogens with one attached hydrogen (secondary N) is 3. The summed E-state index contributed by atoms with van der Waals surface area (Å²) >= 11 is 0. The van der Waals surface area contributed by atoms with Crippen LogP contribution in [0.15, 0.2) is 59.5 Å². The molecule has 0 saturated carbocycles. The van der Waals surface area contributed by atoms with E-state index in [9.17, 15) is 33.1 Å². The summed E-state index contributed by atoms with van der Waals surface area (Å²) in [6.45, 7) is -0.169. The number of aliphatic hydroxyl groups is 2. The van der Waals surface area contributed by atoms with Crippen LogP contribution in [0.4, 0.5) is 26.0 Å². The SMILES string of the molecule is Nc1ccc2cc3ccc(NC(=O)CCC(=O)NCCOCCOCCOCC(=O)Nc4ccn(C5O[C@H](CO)[C@@H](O)C5(F)F)c(=O)n4)cc3nc2c1.